The number of nitrogens with one attached hydrogen (secondary N) is 1. The topological polar surface area (TPSA) is 55.9 Å². The quantitative estimate of drug-likeness (QED) is 0.848. The largest absolute Gasteiger partial charge is 0.348 e. The molecule has 2 heterocycles. The van der Waals surface area contributed by atoms with E-state index in [0.717, 1.165) is 32.5 Å². The van der Waals surface area contributed by atoms with E-state index < -0.39 is 5.41 Å². The van der Waals surface area contributed by atoms with Crippen molar-refractivity contribution < 1.29 is 9.59 Å². The lowest BCUT2D eigenvalue weighted by molar-refractivity contribution is -0.139. The van der Waals surface area contributed by atoms with Gasteiger partial charge in [0.2, 0.25) is 5.91 Å². The molecule has 1 aromatic carbocycles. The number of hydrogen-bond acceptors (Lipinski definition) is 3. The van der Waals surface area contributed by atoms with E-state index in [1.807, 2.05) is 25.1 Å². The molecule has 0 unspecified atom stereocenters. The predicted molar refractivity (Wildman–Crippen MR) is 113 cm³/mol. The molecule has 6 nitrogen and oxygen atoms in total. The molecule has 2 saturated heterocycles. The van der Waals surface area contributed by atoms with Crippen LogP contribution in [0.1, 0.15) is 37.7 Å². The first-order chi connectivity index (χ1) is 14.0. The third kappa shape index (κ3) is 4.13. The minimum Gasteiger partial charge on any atom is -0.348 e. The number of benzene rings is 1. The van der Waals surface area contributed by atoms with Crippen molar-refractivity contribution in [2.75, 3.05) is 40.3 Å². The fraction of sp³-hybridized carbons (Fsp3) is 0.652. The van der Waals surface area contributed by atoms with Gasteiger partial charge in [0.15, 0.2) is 0 Å². The van der Waals surface area contributed by atoms with Gasteiger partial charge >= 0.3 is 6.03 Å². The maximum Gasteiger partial charge on any atom is 0.317 e. The first kappa shape index (κ1) is 20.2. The van der Waals surface area contributed by atoms with Crippen LogP contribution < -0.4 is 5.32 Å². The van der Waals surface area contributed by atoms with E-state index >= 15 is 0 Å². The van der Waals surface area contributed by atoms with Crippen LogP contribution in [0.4, 0.5) is 4.79 Å². The molecule has 2 atom stereocenters. The first-order valence-electron chi connectivity index (χ1n) is 11.0. The van der Waals surface area contributed by atoms with Crippen molar-refractivity contribution >= 4 is 11.9 Å². The van der Waals surface area contributed by atoms with E-state index in [-0.39, 0.29) is 17.9 Å². The van der Waals surface area contributed by atoms with Gasteiger partial charge in [0, 0.05) is 58.8 Å². The van der Waals surface area contributed by atoms with E-state index in [4.69, 9.17) is 0 Å². The van der Waals surface area contributed by atoms with Crippen LogP contribution in [0.25, 0.3) is 0 Å². The van der Waals surface area contributed by atoms with E-state index in [9.17, 15) is 9.59 Å². The van der Waals surface area contributed by atoms with Gasteiger partial charge in [-0.25, -0.2) is 4.79 Å². The molecule has 6 heteroatoms. The summed E-state index contributed by atoms with van der Waals surface area (Å²) < 4.78 is 0. The van der Waals surface area contributed by atoms with Crippen LogP contribution in [0.5, 0.6) is 0 Å². The van der Waals surface area contributed by atoms with Gasteiger partial charge < -0.3 is 15.1 Å². The second-order valence-electron chi connectivity index (χ2n) is 9.37. The monoisotopic (exact) mass is 398 g/mol. The second kappa shape index (κ2) is 8.34. The van der Waals surface area contributed by atoms with Crippen molar-refractivity contribution in [3.05, 3.63) is 35.9 Å². The number of hydrogen-bond donors (Lipinski definition) is 1. The number of urea groups is 1. The van der Waals surface area contributed by atoms with Crippen LogP contribution in [-0.4, -0.2) is 73.0 Å². The van der Waals surface area contributed by atoms with Gasteiger partial charge in [-0.2, -0.15) is 0 Å². The van der Waals surface area contributed by atoms with Gasteiger partial charge in [0.25, 0.3) is 0 Å². The summed E-state index contributed by atoms with van der Waals surface area (Å²) in [6, 6.07) is 10.7. The van der Waals surface area contributed by atoms with Crippen LogP contribution >= 0.6 is 0 Å². The lowest BCUT2D eigenvalue weighted by Crippen LogP contribution is -2.49. The Labute approximate surface area is 174 Å². The number of carbonyl (C=O) groups excluding carboxylic acids is 2. The zero-order valence-corrected chi connectivity index (χ0v) is 17.8. The highest BCUT2D eigenvalue weighted by Crippen LogP contribution is 2.44. The molecular weight excluding hydrogens is 364 g/mol. The fourth-order valence-corrected chi connectivity index (χ4v) is 5.55. The molecule has 3 fully saturated rings. The zero-order chi connectivity index (χ0) is 20.4. The molecule has 3 aliphatic rings. The number of carbonyl (C=O) groups is 2. The Morgan fingerprint density at radius 3 is 2.48 bits per heavy atom. The standard InChI is InChI=1S/C23H34N4O2/c1-25(2)21(28)23-16-26(13-18-9-5-3-6-10-18)14-19(23)15-27(17-23)22(29)24-20-11-7-4-8-12-20/h3,5-6,9-10,19-20H,4,7-8,11-17H2,1-2H3,(H,24,29)/t19-,23-/m0/s1. The van der Waals surface area contributed by atoms with Crippen LogP contribution in [0.3, 0.4) is 0 Å². The normalized spacial score (nSPS) is 27.7. The third-order valence-electron chi connectivity index (χ3n) is 6.98. The fourth-order valence-electron chi connectivity index (χ4n) is 5.55. The SMILES string of the molecule is CN(C)C(=O)[C@]12CN(Cc3ccccc3)C[C@H]1CN(C(=O)NC1CCCCC1)C2. The molecule has 29 heavy (non-hydrogen) atoms. The summed E-state index contributed by atoms with van der Waals surface area (Å²) in [5.74, 6) is 0.351. The highest BCUT2D eigenvalue weighted by molar-refractivity contribution is 5.86. The Balaban J connectivity index is 1.45. The van der Waals surface area contributed by atoms with E-state index in [2.05, 4.69) is 34.5 Å². The molecule has 3 amide bonds. The Bertz CT molecular complexity index is 732. The van der Waals surface area contributed by atoms with Gasteiger partial charge in [0.05, 0.1) is 5.41 Å². The summed E-state index contributed by atoms with van der Waals surface area (Å²) in [6.45, 7) is 3.63. The lowest BCUT2D eigenvalue weighted by Gasteiger charge is -2.31. The molecule has 1 saturated carbocycles. The molecule has 0 radical (unpaired) electrons. The smallest absolute Gasteiger partial charge is 0.317 e. The van der Waals surface area contributed by atoms with Gasteiger partial charge in [0.1, 0.15) is 0 Å². The summed E-state index contributed by atoms with van der Waals surface area (Å²) >= 11 is 0. The van der Waals surface area contributed by atoms with Crippen molar-refractivity contribution in [1.82, 2.24) is 20.0 Å². The number of likely N-dealkylation sites (tertiary alicyclic amines) is 2. The molecule has 1 N–H and O–H groups in total. The number of fused-ring (bicyclic) bond motifs is 1. The number of amides is 3. The molecule has 1 aliphatic carbocycles. The zero-order valence-electron chi connectivity index (χ0n) is 17.8. The highest BCUT2D eigenvalue weighted by Gasteiger charge is 2.58. The van der Waals surface area contributed by atoms with Crippen molar-refractivity contribution in [2.24, 2.45) is 11.3 Å². The molecule has 2 aliphatic heterocycles. The molecule has 4 rings (SSSR count). The highest BCUT2D eigenvalue weighted by atomic mass is 16.2. The molecular formula is C23H34N4O2. The minimum absolute atomic E-state index is 0.0202. The Hall–Kier alpha value is -2.08. The maximum atomic E-state index is 13.2. The Kier molecular flexibility index (Phi) is 5.81. The summed E-state index contributed by atoms with van der Waals surface area (Å²) in [5, 5.41) is 3.23. The third-order valence-corrected chi connectivity index (χ3v) is 6.98. The van der Waals surface area contributed by atoms with Crippen LogP contribution in [0.2, 0.25) is 0 Å². The van der Waals surface area contributed by atoms with Crippen LogP contribution in [0.15, 0.2) is 30.3 Å². The van der Waals surface area contributed by atoms with Crippen molar-refractivity contribution in [3.63, 3.8) is 0 Å². The molecule has 158 valence electrons. The maximum absolute atomic E-state index is 13.2. The lowest BCUT2D eigenvalue weighted by atomic mass is 9.80. The van der Waals surface area contributed by atoms with E-state index in [0.29, 0.717) is 19.1 Å². The summed E-state index contributed by atoms with van der Waals surface area (Å²) in [7, 11) is 3.66. The number of nitrogens with zero attached hydrogens (tertiary/aromatic N) is 3. The second-order valence-corrected chi connectivity index (χ2v) is 9.37. The van der Waals surface area contributed by atoms with Crippen LogP contribution in [0, 0.1) is 11.3 Å². The van der Waals surface area contributed by atoms with Gasteiger partial charge in [-0.1, -0.05) is 49.6 Å². The summed E-state index contributed by atoms with van der Waals surface area (Å²) in [5.41, 5.74) is 0.786. The minimum atomic E-state index is -0.484. The summed E-state index contributed by atoms with van der Waals surface area (Å²) in [6.07, 6.45) is 5.83. The Morgan fingerprint density at radius 1 is 1.07 bits per heavy atom. The van der Waals surface area contributed by atoms with Gasteiger partial charge in [-0.15, -0.1) is 0 Å². The Morgan fingerprint density at radius 2 is 1.79 bits per heavy atom. The first-order valence-corrected chi connectivity index (χ1v) is 11.0. The molecule has 0 bridgehead atoms. The summed E-state index contributed by atoms with van der Waals surface area (Å²) in [4.78, 5) is 32.2. The van der Waals surface area contributed by atoms with Gasteiger partial charge in [-0.05, 0) is 18.4 Å². The van der Waals surface area contributed by atoms with E-state index in [1.54, 1.807) is 4.90 Å². The average molecular weight is 399 g/mol. The van der Waals surface area contributed by atoms with Crippen molar-refractivity contribution in [1.29, 1.82) is 0 Å². The number of rotatable bonds is 4. The molecule has 1 aromatic rings. The van der Waals surface area contributed by atoms with Crippen molar-refractivity contribution in [2.45, 2.75) is 44.7 Å². The van der Waals surface area contributed by atoms with Crippen molar-refractivity contribution in [3.8, 4) is 0 Å². The van der Waals surface area contributed by atoms with Crippen LogP contribution in [-0.2, 0) is 11.3 Å². The molecule has 0 spiro atoms. The average Bonchev–Trinajstić information content (AvgIpc) is 3.23. The molecule has 0 aromatic heterocycles. The van der Waals surface area contributed by atoms with E-state index in [1.165, 1.54) is 24.8 Å². The van der Waals surface area contributed by atoms with Gasteiger partial charge in [-0.3, -0.25) is 9.69 Å². The predicted octanol–water partition coefficient (Wildman–Crippen LogP) is 2.55.